The van der Waals surface area contributed by atoms with Crippen molar-refractivity contribution in [2.75, 3.05) is 0 Å². The predicted molar refractivity (Wildman–Crippen MR) is 41.7 cm³/mol. The first-order chi connectivity index (χ1) is 4.33. The van der Waals surface area contributed by atoms with Gasteiger partial charge in [0.2, 0.25) is 0 Å². The highest BCUT2D eigenvalue weighted by molar-refractivity contribution is 7.80. The van der Waals surface area contributed by atoms with Crippen molar-refractivity contribution < 1.29 is 0 Å². The monoisotopic (exact) mass is 137 g/mol. The van der Waals surface area contributed by atoms with E-state index in [-0.39, 0.29) is 0 Å². The van der Waals surface area contributed by atoms with E-state index >= 15 is 0 Å². The molecule has 0 amide bonds. The summed E-state index contributed by atoms with van der Waals surface area (Å²) in [6, 6.07) is 8.07. The maximum absolute atomic E-state index is 4.97. The molecular weight excluding hydrogens is 128 g/mol. The van der Waals surface area contributed by atoms with Crippen LogP contribution >= 0.6 is 12.6 Å². The Morgan fingerprint density at radius 3 is 2.67 bits per heavy atom. The minimum absolute atomic E-state index is 0.939. The van der Waals surface area contributed by atoms with Gasteiger partial charge >= 0.3 is 0 Å². The lowest BCUT2D eigenvalue weighted by Gasteiger charge is -1.93. The second kappa shape index (κ2) is 2.83. The fourth-order valence-corrected chi connectivity index (χ4v) is 0.995. The van der Waals surface area contributed by atoms with Gasteiger partial charge in [-0.15, -0.1) is 0 Å². The molecule has 47 valence electrons. The molecule has 0 aromatic heterocycles. The highest BCUT2D eigenvalue weighted by atomic mass is 32.1. The average molecular weight is 137 g/mol. The molecule has 0 fully saturated rings. The van der Waals surface area contributed by atoms with Crippen LogP contribution in [0.25, 0.3) is 0 Å². The minimum Gasteiger partial charge on any atom is -0.0801 e. The average Bonchev–Trinajstić information content (AvgIpc) is 1.88. The molecule has 0 saturated heterocycles. The summed E-state index contributed by atoms with van der Waals surface area (Å²) in [6.45, 7) is 2.13. The van der Waals surface area contributed by atoms with E-state index in [0.29, 0.717) is 0 Å². The third-order valence-electron chi connectivity index (χ3n) is 1.31. The smallest absolute Gasteiger partial charge is 0.0379 e. The Hall–Kier alpha value is -0.560. The molecule has 0 spiro atoms. The SMILES string of the molecule is CCc1cccc([S])c1. The Bertz CT molecular complexity index is 194. The molecule has 0 nitrogen and oxygen atoms in total. The largest absolute Gasteiger partial charge is 0.0801 e. The Balaban J connectivity index is 2.94. The highest BCUT2D eigenvalue weighted by Gasteiger charge is 1.87. The second-order valence-corrected chi connectivity index (χ2v) is 2.47. The molecule has 0 aliphatic carbocycles. The zero-order chi connectivity index (χ0) is 6.69. The third kappa shape index (κ3) is 1.68. The molecule has 0 bridgehead atoms. The molecule has 0 aliphatic rings. The van der Waals surface area contributed by atoms with E-state index in [1.54, 1.807) is 0 Å². The van der Waals surface area contributed by atoms with Crippen LogP contribution in [0.4, 0.5) is 0 Å². The molecule has 1 aromatic rings. The van der Waals surface area contributed by atoms with Gasteiger partial charge in [-0.3, -0.25) is 0 Å². The van der Waals surface area contributed by atoms with E-state index in [4.69, 9.17) is 12.6 Å². The second-order valence-electron chi connectivity index (χ2n) is 2.00. The van der Waals surface area contributed by atoms with Crippen LogP contribution in [0, 0.1) is 0 Å². The first-order valence-electron chi connectivity index (χ1n) is 3.09. The van der Waals surface area contributed by atoms with Gasteiger partial charge < -0.3 is 0 Å². The minimum atomic E-state index is 0.939. The molecule has 1 rings (SSSR count). The van der Waals surface area contributed by atoms with Gasteiger partial charge in [0.05, 0.1) is 0 Å². The fraction of sp³-hybridized carbons (Fsp3) is 0.250. The molecule has 0 unspecified atom stereocenters. The van der Waals surface area contributed by atoms with Crippen LogP contribution in [0.2, 0.25) is 0 Å². The van der Waals surface area contributed by atoms with Gasteiger partial charge in [-0.2, -0.15) is 0 Å². The maximum atomic E-state index is 4.97. The molecule has 0 N–H and O–H groups in total. The number of hydrogen-bond acceptors (Lipinski definition) is 0. The molecule has 0 aliphatic heterocycles. The molecule has 1 radical (unpaired) electrons. The van der Waals surface area contributed by atoms with Crippen molar-refractivity contribution in [3.8, 4) is 0 Å². The Kier molecular flexibility index (Phi) is 2.06. The zero-order valence-electron chi connectivity index (χ0n) is 5.42. The van der Waals surface area contributed by atoms with E-state index in [0.717, 1.165) is 11.3 Å². The van der Waals surface area contributed by atoms with Gasteiger partial charge in [0.15, 0.2) is 0 Å². The van der Waals surface area contributed by atoms with Crippen LogP contribution in [-0.4, -0.2) is 0 Å². The van der Waals surface area contributed by atoms with Gasteiger partial charge in [-0.1, -0.05) is 31.7 Å². The van der Waals surface area contributed by atoms with Gasteiger partial charge in [0, 0.05) is 4.90 Å². The molecular formula is C8H9S. The molecule has 0 saturated carbocycles. The maximum Gasteiger partial charge on any atom is 0.0379 e. The van der Waals surface area contributed by atoms with Crippen molar-refractivity contribution in [1.82, 2.24) is 0 Å². The number of rotatable bonds is 1. The van der Waals surface area contributed by atoms with Gasteiger partial charge in [0.25, 0.3) is 0 Å². The standard InChI is InChI=1S/C8H9S/c1-2-7-4-3-5-8(9)6-7/h3-6H,2H2,1H3. The summed E-state index contributed by atoms with van der Waals surface area (Å²) in [4.78, 5) is 0.939. The summed E-state index contributed by atoms with van der Waals surface area (Å²) in [5.41, 5.74) is 1.32. The summed E-state index contributed by atoms with van der Waals surface area (Å²) in [5.74, 6) is 0. The van der Waals surface area contributed by atoms with E-state index in [9.17, 15) is 0 Å². The molecule has 1 aromatic carbocycles. The van der Waals surface area contributed by atoms with Gasteiger partial charge in [-0.05, 0) is 24.1 Å². The van der Waals surface area contributed by atoms with E-state index in [2.05, 4.69) is 13.0 Å². The van der Waals surface area contributed by atoms with Crippen LogP contribution in [0.3, 0.4) is 0 Å². The van der Waals surface area contributed by atoms with Crippen molar-refractivity contribution in [2.24, 2.45) is 0 Å². The molecule has 9 heavy (non-hydrogen) atoms. The molecule has 0 atom stereocenters. The topological polar surface area (TPSA) is 0 Å². The Labute approximate surface area is 61.3 Å². The number of benzene rings is 1. The van der Waals surface area contributed by atoms with Crippen LogP contribution in [-0.2, 0) is 6.42 Å². The van der Waals surface area contributed by atoms with Crippen molar-refractivity contribution in [3.63, 3.8) is 0 Å². The number of aryl methyl sites for hydroxylation is 1. The summed E-state index contributed by atoms with van der Waals surface area (Å²) >= 11 is 4.97. The van der Waals surface area contributed by atoms with Gasteiger partial charge in [-0.25, -0.2) is 0 Å². The summed E-state index contributed by atoms with van der Waals surface area (Å²) in [7, 11) is 0. The lowest BCUT2D eigenvalue weighted by Crippen LogP contribution is -1.76. The summed E-state index contributed by atoms with van der Waals surface area (Å²) in [6.07, 6.45) is 1.07. The zero-order valence-corrected chi connectivity index (χ0v) is 6.24. The lowest BCUT2D eigenvalue weighted by atomic mass is 10.2. The highest BCUT2D eigenvalue weighted by Crippen LogP contribution is 2.08. The summed E-state index contributed by atoms with van der Waals surface area (Å²) < 4.78 is 0. The van der Waals surface area contributed by atoms with E-state index in [1.165, 1.54) is 5.56 Å². The Morgan fingerprint density at radius 1 is 1.44 bits per heavy atom. The molecule has 0 heterocycles. The van der Waals surface area contributed by atoms with Crippen LogP contribution in [0.1, 0.15) is 12.5 Å². The van der Waals surface area contributed by atoms with Crippen LogP contribution in [0.15, 0.2) is 29.2 Å². The lowest BCUT2D eigenvalue weighted by molar-refractivity contribution is 1.12. The van der Waals surface area contributed by atoms with Crippen molar-refractivity contribution >= 4 is 12.6 Å². The van der Waals surface area contributed by atoms with Crippen molar-refractivity contribution in [2.45, 2.75) is 18.2 Å². The first kappa shape index (κ1) is 6.56. The van der Waals surface area contributed by atoms with Crippen molar-refractivity contribution in [3.05, 3.63) is 29.8 Å². The van der Waals surface area contributed by atoms with Gasteiger partial charge in [0.1, 0.15) is 0 Å². The number of hydrogen-bond donors (Lipinski definition) is 0. The van der Waals surface area contributed by atoms with Crippen molar-refractivity contribution in [1.29, 1.82) is 0 Å². The Morgan fingerprint density at radius 2 is 2.22 bits per heavy atom. The van der Waals surface area contributed by atoms with Crippen LogP contribution < -0.4 is 0 Å². The fourth-order valence-electron chi connectivity index (χ4n) is 0.765. The predicted octanol–water partition coefficient (Wildman–Crippen LogP) is 2.81. The summed E-state index contributed by atoms with van der Waals surface area (Å²) in [5, 5.41) is 0. The molecule has 1 heteroatoms. The normalized spacial score (nSPS) is 9.44. The van der Waals surface area contributed by atoms with E-state index in [1.807, 2.05) is 18.2 Å². The third-order valence-corrected chi connectivity index (χ3v) is 1.56. The quantitative estimate of drug-likeness (QED) is 0.558. The van der Waals surface area contributed by atoms with E-state index < -0.39 is 0 Å². The first-order valence-corrected chi connectivity index (χ1v) is 3.49. The van der Waals surface area contributed by atoms with Crippen LogP contribution in [0.5, 0.6) is 0 Å².